The minimum Gasteiger partial charge on any atom is -0.364 e. The molecule has 0 rings (SSSR count). The van der Waals surface area contributed by atoms with Crippen LogP contribution < -0.4 is 0 Å². The minimum absolute atomic E-state index is 0.918. The second-order valence-corrected chi connectivity index (χ2v) is 5.59. The standard InChI is InChI=1S/C7H19NO3Si/c1-6-7-8(2)12(9-3,10-4)11-5/h6-7H2,1-5H3. The lowest BCUT2D eigenvalue weighted by Crippen LogP contribution is -2.57. The maximum atomic E-state index is 5.27. The van der Waals surface area contributed by atoms with Crippen LogP contribution in [0.15, 0.2) is 0 Å². The van der Waals surface area contributed by atoms with Gasteiger partial charge in [-0.05, 0) is 20.0 Å². The van der Waals surface area contributed by atoms with E-state index in [9.17, 15) is 0 Å². The molecule has 0 spiro atoms. The molecule has 12 heavy (non-hydrogen) atoms. The molecule has 0 aliphatic rings. The zero-order valence-electron chi connectivity index (χ0n) is 8.59. The predicted molar refractivity (Wildman–Crippen MR) is 49.7 cm³/mol. The van der Waals surface area contributed by atoms with Gasteiger partial charge in [-0.25, -0.2) is 0 Å². The molecule has 74 valence electrons. The molecule has 0 amide bonds. The van der Waals surface area contributed by atoms with E-state index in [-0.39, 0.29) is 0 Å². The topological polar surface area (TPSA) is 30.9 Å². The van der Waals surface area contributed by atoms with E-state index in [4.69, 9.17) is 13.3 Å². The van der Waals surface area contributed by atoms with Crippen LogP contribution in [-0.2, 0) is 13.3 Å². The molecule has 0 aliphatic heterocycles. The van der Waals surface area contributed by atoms with Crippen LogP contribution in [0.3, 0.4) is 0 Å². The SMILES string of the molecule is CCCN(C)[Si](OC)(OC)OC. The third-order valence-electron chi connectivity index (χ3n) is 1.80. The van der Waals surface area contributed by atoms with Crippen molar-refractivity contribution in [1.29, 1.82) is 0 Å². The van der Waals surface area contributed by atoms with Crippen molar-refractivity contribution in [3.05, 3.63) is 0 Å². The third kappa shape index (κ3) is 2.53. The molecule has 0 atom stereocenters. The summed E-state index contributed by atoms with van der Waals surface area (Å²) in [4.78, 5) is 0. The summed E-state index contributed by atoms with van der Waals surface area (Å²) in [6.45, 7) is 3.03. The Balaban J connectivity index is 4.24. The molecule has 0 aromatic carbocycles. The van der Waals surface area contributed by atoms with Crippen LogP contribution >= 0.6 is 0 Å². The summed E-state index contributed by atoms with van der Waals surface area (Å²) in [5.74, 6) is 0. The summed E-state index contributed by atoms with van der Waals surface area (Å²) in [7, 11) is 4.29. The van der Waals surface area contributed by atoms with Gasteiger partial charge in [-0.1, -0.05) is 6.92 Å². The average Bonchev–Trinajstić information content (AvgIpc) is 2.09. The zero-order chi connectivity index (χ0) is 9.61. The Morgan fingerprint density at radius 1 is 1.08 bits per heavy atom. The summed E-state index contributed by atoms with van der Waals surface area (Å²) in [5, 5.41) is 0. The fourth-order valence-electron chi connectivity index (χ4n) is 1.19. The molecule has 0 saturated carbocycles. The number of hydrogen-bond donors (Lipinski definition) is 0. The fourth-order valence-corrected chi connectivity index (χ4v) is 3.12. The van der Waals surface area contributed by atoms with E-state index in [2.05, 4.69) is 6.92 Å². The van der Waals surface area contributed by atoms with E-state index >= 15 is 0 Å². The van der Waals surface area contributed by atoms with Crippen LogP contribution in [0.1, 0.15) is 13.3 Å². The minimum atomic E-state index is -2.51. The summed E-state index contributed by atoms with van der Waals surface area (Å²) in [6.07, 6.45) is 1.06. The molecule has 0 unspecified atom stereocenters. The summed E-state index contributed by atoms with van der Waals surface area (Å²) in [5.41, 5.74) is 0. The lowest BCUT2D eigenvalue weighted by Gasteiger charge is -2.31. The van der Waals surface area contributed by atoms with Crippen molar-refractivity contribution in [2.45, 2.75) is 13.3 Å². The van der Waals surface area contributed by atoms with Crippen LogP contribution in [0.4, 0.5) is 0 Å². The van der Waals surface area contributed by atoms with E-state index in [1.165, 1.54) is 0 Å². The molecule has 5 heteroatoms. The molecule has 0 radical (unpaired) electrons. The Hall–Kier alpha value is 0.0569. The molecule has 0 fully saturated rings. The molecule has 0 bridgehead atoms. The maximum absolute atomic E-state index is 5.27. The Morgan fingerprint density at radius 3 is 1.75 bits per heavy atom. The van der Waals surface area contributed by atoms with Gasteiger partial charge in [0.15, 0.2) is 0 Å². The zero-order valence-corrected chi connectivity index (χ0v) is 9.59. The van der Waals surface area contributed by atoms with E-state index in [1.807, 2.05) is 11.6 Å². The van der Waals surface area contributed by atoms with Gasteiger partial charge in [-0.2, -0.15) is 0 Å². The molecular weight excluding hydrogens is 174 g/mol. The first-order valence-electron chi connectivity index (χ1n) is 4.03. The number of hydrogen-bond acceptors (Lipinski definition) is 4. The highest BCUT2D eigenvalue weighted by molar-refractivity contribution is 6.57. The first-order chi connectivity index (χ1) is 5.66. The van der Waals surface area contributed by atoms with Gasteiger partial charge in [-0.15, -0.1) is 0 Å². The van der Waals surface area contributed by atoms with Gasteiger partial charge in [0.2, 0.25) is 0 Å². The predicted octanol–water partition coefficient (Wildman–Crippen LogP) is 0.703. The lowest BCUT2D eigenvalue weighted by molar-refractivity contribution is 0.0665. The van der Waals surface area contributed by atoms with Gasteiger partial charge in [0.25, 0.3) is 0 Å². The highest BCUT2D eigenvalue weighted by Gasteiger charge is 2.43. The molecule has 0 aromatic rings. The molecular formula is C7H19NO3Si. The van der Waals surface area contributed by atoms with E-state index < -0.39 is 8.97 Å². The maximum Gasteiger partial charge on any atom is 0.598 e. The fraction of sp³-hybridized carbons (Fsp3) is 1.00. The van der Waals surface area contributed by atoms with E-state index in [1.54, 1.807) is 21.3 Å². The van der Waals surface area contributed by atoms with Crippen molar-refractivity contribution in [1.82, 2.24) is 4.57 Å². The van der Waals surface area contributed by atoms with Crippen molar-refractivity contribution in [2.24, 2.45) is 0 Å². The average molecular weight is 193 g/mol. The molecule has 4 nitrogen and oxygen atoms in total. The van der Waals surface area contributed by atoms with Gasteiger partial charge in [0.1, 0.15) is 0 Å². The second-order valence-electron chi connectivity index (χ2n) is 2.56. The van der Waals surface area contributed by atoms with Gasteiger partial charge < -0.3 is 13.3 Å². The quantitative estimate of drug-likeness (QED) is 0.581. The van der Waals surface area contributed by atoms with Gasteiger partial charge in [0.05, 0.1) is 0 Å². The monoisotopic (exact) mass is 193 g/mol. The largest absolute Gasteiger partial charge is 0.598 e. The van der Waals surface area contributed by atoms with Crippen LogP contribution in [0.5, 0.6) is 0 Å². The van der Waals surface area contributed by atoms with Crippen molar-refractivity contribution in [3.8, 4) is 0 Å². The summed E-state index contributed by atoms with van der Waals surface area (Å²) >= 11 is 0. The highest BCUT2D eigenvalue weighted by Crippen LogP contribution is 2.10. The van der Waals surface area contributed by atoms with Crippen molar-refractivity contribution in [3.63, 3.8) is 0 Å². The molecule has 0 heterocycles. The molecule has 0 N–H and O–H groups in total. The first kappa shape index (κ1) is 12.1. The van der Waals surface area contributed by atoms with Crippen LogP contribution in [-0.4, -0.2) is 48.5 Å². The van der Waals surface area contributed by atoms with E-state index in [0.717, 1.165) is 13.0 Å². The van der Waals surface area contributed by atoms with Gasteiger partial charge in [0, 0.05) is 21.3 Å². The Morgan fingerprint density at radius 2 is 1.50 bits per heavy atom. The Bertz CT molecular complexity index is 111. The van der Waals surface area contributed by atoms with Crippen LogP contribution in [0.2, 0.25) is 0 Å². The molecule has 0 saturated heterocycles. The van der Waals surface area contributed by atoms with Crippen LogP contribution in [0, 0.1) is 0 Å². The Kier molecular flexibility index (Phi) is 5.69. The summed E-state index contributed by atoms with van der Waals surface area (Å²) < 4.78 is 17.8. The van der Waals surface area contributed by atoms with Gasteiger partial charge >= 0.3 is 8.97 Å². The third-order valence-corrected chi connectivity index (χ3v) is 4.51. The van der Waals surface area contributed by atoms with Gasteiger partial charge in [-0.3, -0.25) is 4.57 Å². The number of nitrogens with zero attached hydrogens (tertiary/aromatic N) is 1. The van der Waals surface area contributed by atoms with Crippen molar-refractivity contribution in [2.75, 3.05) is 34.9 Å². The van der Waals surface area contributed by atoms with Crippen LogP contribution in [0.25, 0.3) is 0 Å². The first-order valence-corrected chi connectivity index (χ1v) is 5.70. The van der Waals surface area contributed by atoms with E-state index in [0.29, 0.717) is 0 Å². The summed E-state index contributed by atoms with van der Waals surface area (Å²) in [6, 6.07) is 0. The molecule has 0 aliphatic carbocycles. The number of rotatable bonds is 6. The smallest absolute Gasteiger partial charge is 0.364 e. The Labute approximate surface area is 75.9 Å². The van der Waals surface area contributed by atoms with Crippen molar-refractivity contribution < 1.29 is 13.3 Å². The normalized spacial score (nSPS) is 12.5. The second kappa shape index (κ2) is 5.66. The molecule has 0 aromatic heterocycles. The lowest BCUT2D eigenvalue weighted by atomic mass is 10.5. The van der Waals surface area contributed by atoms with Crippen molar-refractivity contribution >= 4 is 8.97 Å². The highest BCUT2D eigenvalue weighted by atomic mass is 28.4.